The highest BCUT2D eigenvalue weighted by Gasteiger charge is 1.99. The summed E-state index contributed by atoms with van der Waals surface area (Å²) in [5.74, 6) is -0.177. The summed E-state index contributed by atoms with van der Waals surface area (Å²) in [7, 11) is 0. The van der Waals surface area contributed by atoms with E-state index in [9.17, 15) is 4.39 Å². The predicted molar refractivity (Wildman–Crippen MR) is 53.0 cm³/mol. The molecule has 0 fully saturated rings. The third-order valence-electron chi connectivity index (χ3n) is 2.24. The van der Waals surface area contributed by atoms with Gasteiger partial charge < -0.3 is 5.73 Å². The quantitative estimate of drug-likeness (QED) is 0.758. The number of nitrogens with two attached hydrogens (primary N) is 1. The summed E-state index contributed by atoms with van der Waals surface area (Å²) in [6.07, 6.45) is 2.92. The molecular weight excluding hydrogens is 165 g/mol. The Morgan fingerprint density at radius 3 is 2.46 bits per heavy atom. The molecule has 0 bridgehead atoms. The summed E-state index contributed by atoms with van der Waals surface area (Å²) in [6, 6.07) is 6.89. The number of halogens is 1. The summed E-state index contributed by atoms with van der Waals surface area (Å²) in [6.45, 7) is 2.08. The molecule has 1 unspecified atom stereocenters. The van der Waals surface area contributed by atoms with Gasteiger partial charge in [-0.25, -0.2) is 4.39 Å². The Hall–Kier alpha value is -0.890. The maximum Gasteiger partial charge on any atom is 0.123 e. The van der Waals surface area contributed by atoms with Crippen LogP contribution in [-0.2, 0) is 6.42 Å². The summed E-state index contributed by atoms with van der Waals surface area (Å²) in [5, 5.41) is 0. The fourth-order valence-corrected chi connectivity index (χ4v) is 1.21. The van der Waals surface area contributed by atoms with Crippen LogP contribution in [0.25, 0.3) is 0 Å². The van der Waals surface area contributed by atoms with E-state index in [1.165, 1.54) is 12.1 Å². The van der Waals surface area contributed by atoms with Crippen molar-refractivity contribution in [3.8, 4) is 0 Å². The van der Waals surface area contributed by atoms with E-state index in [0.29, 0.717) is 0 Å². The minimum absolute atomic E-state index is 0.177. The minimum Gasteiger partial charge on any atom is -0.328 e. The predicted octanol–water partition coefficient (Wildman–Crippen LogP) is 2.50. The van der Waals surface area contributed by atoms with Gasteiger partial charge >= 0.3 is 0 Å². The lowest BCUT2D eigenvalue weighted by Crippen LogP contribution is -2.18. The normalized spacial score (nSPS) is 12.8. The number of hydrogen-bond acceptors (Lipinski definition) is 1. The largest absolute Gasteiger partial charge is 0.328 e. The second kappa shape index (κ2) is 4.97. The van der Waals surface area contributed by atoms with Gasteiger partial charge in [0.25, 0.3) is 0 Å². The van der Waals surface area contributed by atoms with E-state index in [2.05, 4.69) is 6.92 Å². The Labute approximate surface area is 78.8 Å². The molecule has 2 heteroatoms. The Kier molecular flexibility index (Phi) is 3.90. The van der Waals surface area contributed by atoms with Crippen molar-refractivity contribution in [3.63, 3.8) is 0 Å². The van der Waals surface area contributed by atoms with E-state index in [0.717, 1.165) is 24.8 Å². The van der Waals surface area contributed by atoms with Crippen LogP contribution in [0.1, 0.15) is 25.3 Å². The third-order valence-corrected chi connectivity index (χ3v) is 2.24. The molecule has 0 spiro atoms. The second-order valence-corrected chi connectivity index (χ2v) is 3.33. The summed E-state index contributed by atoms with van der Waals surface area (Å²) in [5.41, 5.74) is 6.93. The van der Waals surface area contributed by atoms with Crippen molar-refractivity contribution in [1.82, 2.24) is 0 Å². The molecule has 0 amide bonds. The first kappa shape index (κ1) is 10.2. The Morgan fingerprint density at radius 2 is 1.92 bits per heavy atom. The van der Waals surface area contributed by atoms with E-state index in [1.54, 1.807) is 0 Å². The molecule has 1 atom stereocenters. The summed E-state index contributed by atoms with van der Waals surface area (Å²) in [4.78, 5) is 0. The Morgan fingerprint density at radius 1 is 1.31 bits per heavy atom. The van der Waals surface area contributed by atoms with E-state index in [1.807, 2.05) is 12.1 Å². The average Bonchev–Trinajstić information content (AvgIpc) is 2.16. The molecule has 0 radical (unpaired) electrons. The van der Waals surface area contributed by atoms with Gasteiger partial charge in [0.2, 0.25) is 0 Å². The van der Waals surface area contributed by atoms with E-state index >= 15 is 0 Å². The van der Waals surface area contributed by atoms with Crippen LogP contribution in [0.2, 0.25) is 0 Å². The lowest BCUT2D eigenvalue weighted by atomic mass is 10.0. The third kappa shape index (κ3) is 3.55. The van der Waals surface area contributed by atoms with Crippen LogP contribution in [0.15, 0.2) is 24.3 Å². The molecule has 0 aliphatic rings. The highest BCUT2D eigenvalue weighted by Crippen LogP contribution is 2.07. The first-order valence-corrected chi connectivity index (χ1v) is 4.72. The standard InChI is InChI=1S/C11H16FN/c1-2-11(13)8-5-9-3-6-10(12)7-4-9/h3-4,6-7,11H,2,5,8,13H2,1H3. The zero-order valence-electron chi connectivity index (χ0n) is 7.96. The van der Waals surface area contributed by atoms with Crippen molar-refractivity contribution in [2.45, 2.75) is 32.2 Å². The van der Waals surface area contributed by atoms with Gasteiger partial charge in [0.05, 0.1) is 0 Å². The van der Waals surface area contributed by atoms with E-state index < -0.39 is 0 Å². The van der Waals surface area contributed by atoms with E-state index in [-0.39, 0.29) is 11.9 Å². The van der Waals surface area contributed by atoms with Crippen LogP contribution in [0.4, 0.5) is 4.39 Å². The molecule has 0 aliphatic carbocycles. The highest BCUT2D eigenvalue weighted by molar-refractivity contribution is 5.16. The van der Waals surface area contributed by atoms with Gasteiger partial charge in [-0.2, -0.15) is 0 Å². The molecule has 1 aromatic rings. The first-order valence-electron chi connectivity index (χ1n) is 4.72. The molecular formula is C11H16FN. The van der Waals surface area contributed by atoms with Gasteiger partial charge in [0, 0.05) is 6.04 Å². The molecule has 13 heavy (non-hydrogen) atoms. The minimum atomic E-state index is -0.177. The Balaban J connectivity index is 2.41. The fourth-order valence-electron chi connectivity index (χ4n) is 1.21. The van der Waals surface area contributed by atoms with Crippen molar-refractivity contribution in [3.05, 3.63) is 35.6 Å². The molecule has 0 saturated carbocycles. The van der Waals surface area contributed by atoms with Crippen molar-refractivity contribution < 1.29 is 4.39 Å². The molecule has 0 aromatic heterocycles. The zero-order valence-corrected chi connectivity index (χ0v) is 7.96. The van der Waals surface area contributed by atoms with Crippen LogP contribution in [0.3, 0.4) is 0 Å². The molecule has 1 rings (SSSR count). The molecule has 0 heterocycles. The average molecular weight is 181 g/mol. The van der Waals surface area contributed by atoms with Gasteiger partial charge in [-0.05, 0) is 37.0 Å². The molecule has 2 N–H and O–H groups in total. The van der Waals surface area contributed by atoms with Gasteiger partial charge in [-0.1, -0.05) is 19.1 Å². The summed E-state index contributed by atoms with van der Waals surface area (Å²) < 4.78 is 12.5. The maximum absolute atomic E-state index is 12.5. The van der Waals surface area contributed by atoms with Crippen LogP contribution < -0.4 is 5.73 Å². The highest BCUT2D eigenvalue weighted by atomic mass is 19.1. The second-order valence-electron chi connectivity index (χ2n) is 3.33. The topological polar surface area (TPSA) is 26.0 Å². The number of hydrogen-bond donors (Lipinski definition) is 1. The van der Waals surface area contributed by atoms with Gasteiger partial charge in [0.15, 0.2) is 0 Å². The fraction of sp³-hybridized carbons (Fsp3) is 0.455. The lowest BCUT2D eigenvalue weighted by Gasteiger charge is -2.07. The van der Waals surface area contributed by atoms with Crippen LogP contribution >= 0.6 is 0 Å². The zero-order chi connectivity index (χ0) is 9.68. The number of rotatable bonds is 4. The first-order chi connectivity index (χ1) is 6.22. The molecule has 0 saturated heterocycles. The maximum atomic E-state index is 12.5. The van der Waals surface area contributed by atoms with Crippen molar-refractivity contribution >= 4 is 0 Å². The van der Waals surface area contributed by atoms with Crippen LogP contribution in [0, 0.1) is 5.82 Å². The van der Waals surface area contributed by atoms with Gasteiger partial charge in [-0.15, -0.1) is 0 Å². The smallest absolute Gasteiger partial charge is 0.123 e. The number of benzene rings is 1. The van der Waals surface area contributed by atoms with Gasteiger partial charge in [-0.3, -0.25) is 0 Å². The molecule has 72 valence electrons. The lowest BCUT2D eigenvalue weighted by molar-refractivity contribution is 0.594. The van der Waals surface area contributed by atoms with Crippen molar-refractivity contribution in [2.75, 3.05) is 0 Å². The van der Waals surface area contributed by atoms with Crippen LogP contribution in [-0.4, -0.2) is 6.04 Å². The van der Waals surface area contributed by atoms with E-state index in [4.69, 9.17) is 5.73 Å². The SMILES string of the molecule is CCC(N)CCc1ccc(F)cc1. The van der Waals surface area contributed by atoms with Crippen molar-refractivity contribution in [2.24, 2.45) is 5.73 Å². The number of aryl methyl sites for hydroxylation is 1. The molecule has 0 aliphatic heterocycles. The monoisotopic (exact) mass is 181 g/mol. The molecule has 1 nitrogen and oxygen atoms in total. The summed E-state index contributed by atoms with van der Waals surface area (Å²) >= 11 is 0. The van der Waals surface area contributed by atoms with Crippen molar-refractivity contribution in [1.29, 1.82) is 0 Å². The molecule has 1 aromatic carbocycles. The van der Waals surface area contributed by atoms with Crippen LogP contribution in [0.5, 0.6) is 0 Å². The van der Waals surface area contributed by atoms with Gasteiger partial charge in [0.1, 0.15) is 5.82 Å². The Bertz CT molecular complexity index is 243.